The van der Waals surface area contributed by atoms with Gasteiger partial charge in [-0.15, -0.1) is 0 Å². The molecule has 0 fully saturated rings. The molecule has 0 rings (SSSR count). The van der Waals surface area contributed by atoms with Crippen LogP contribution in [-0.2, 0) is 28.6 Å². The van der Waals surface area contributed by atoms with Crippen LogP contribution in [-0.4, -0.2) is 37.2 Å². The van der Waals surface area contributed by atoms with Crippen LogP contribution >= 0.6 is 0 Å². The molecule has 0 N–H and O–H groups in total. The molecule has 0 aliphatic rings. The quantitative estimate of drug-likeness (QED) is 0.0261. The fourth-order valence-electron chi connectivity index (χ4n) is 10.0. The normalized spacial score (nSPS) is 12.1. The number of carbonyl (C=O) groups excluding carboxylic acids is 3. The molecule has 1 atom stereocenters. The van der Waals surface area contributed by atoms with Gasteiger partial charge in [0.2, 0.25) is 0 Å². The molecule has 6 heteroatoms. The zero-order chi connectivity index (χ0) is 52.9. The van der Waals surface area contributed by atoms with E-state index in [9.17, 15) is 14.4 Å². The molecule has 1 unspecified atom stereocenters. The van der Waals surface area contributed by atoms with Gasteiger partial charge in [0.25, 0.3) is 0 Å². The Balaban J connectivity index is 4.31. The first kappa shape index (κ1) is 70.9. The molecule has 0 aromatic rings. The number of esters is 3. The Morgan fingerprint density at radius 1 is 0.274 bits per heavy atom. The lowest BCUT2D eigenvalue weighted by Gasteiger charge is -2.18. The highest BCUT2D eigenvalue weighted by atomic mass is 16.6. The van der Waals surface area contributed by atoms with E-state index in [0.717, 1.165) is 64.2 Å². The number of hydrogen-bond donors (Lipinski definition) is 0. The largest absolute Gasteiger partial charge is 0.462 e. The van der Waals surface area contributed by atoms with Gasteiger partial charge in [0.1, 0.15) is 13.2 Å². The molecule has 0 aliphatic carbocycles. The fourth-order valence-corrected chi connectivity index (χ4v) is 10.0. The van der Waals surface area contributed by atoms with Crippen molar-refractivity contribution < 1.29 is 28.6 Å². The molecule has 0 heterocycles. The Labute approximate surface area is 455 Å². The van der Waals surface area contributed by atoms with E-state index in [2.05, 4.69) is 45.1 Å². The minimum absolute atomic E-state index is 0.0665. The smallest absolute Gasteiger partial charge is 0.306 e. The van der Waals surface area contributed by atoms with Crippen molar-refractivity contribution in [3.8, 4) is 0 Å². The number of hydrogen-bond acceptors (Lipinski definition) is 6. The summed E-state index contributed by atoms with van der Waals surface area (Å²) in [5.74, 6) is -0.840. The van der Waals surface area contributed by atoms with Crippen molar-refractivity contribution in [2.45, 2.75) is 374 Å². The van der Waals surface area contributed by atoms with Crippen LogP contribution in [0.4, 0.5) is 0 Å². The first-order chi connectivity index (χ1) is 36.0. The average molecular weight is 1030 g/mol. The highest BCUT2D eigenvalue weighted by Gasteiger charge is 2.19. The van der Waals surface area contributed by atoms with E-state index >= 15 is 0 Å². The van der Waals surface area contributed by atoms with Gasteiger partial charge in [-0.3, -0.25) is 14.4 Å². The molecule has 0 aromatic heterocycles. The van der Waals surface area contributed by atoms with Gasteiger partial charge in [0.05, 0.1) is 0 Å². The van der Waals surface area contributed by atoms with E-state index in [1.54, 1.807) is 0 Å². The van der Waals surface area contributed by atoms with Crippen molar-refractivity contribution in [2.75, 3.05) is 13.2 Å². The predicted molar refractivity (Wildman–Crippen MR) is 316 cm³/mol. The van der Waals surface area contributed by atoms with E-state index in [1.807, 2.05) is 0 Å². The maximum Gasteiger partial charge on any atom is 0.306 e. The molecule has 0 saturated heterocycles. The lowest BCUT2D eigenvalue weighted by Crippen LogP contribution is -2.30. The zero-order valence-corrected chi connectivity index (χ0v) is 49.4. The second-order valence-corrected chi connectivity index (χ2v) is 22.4. The third-order valence-corrected chi connectivity index (χ3v) is 15.0. The Hall–Kier alpha value is -2.11. The molecule has 0 aromatic carbocycles. The van der Waals surface area contributed by atoms with Crippen molar-refractivity contribution in [2.24, 2.45) is 0 Å². The topological polar surface area (TPSA) is 78.9 Å². The van der Waals surface area contributed by atoms with Gasteiger partial charge in [0, 0.05) is 19.3 Å². The van der Waals surface area contributed by atoms with Gasteiger partial charge in [0.15, 0.2) is 6.10 Å². The molecule has 0 saturated carbocycles. The van der Waals surface area contributed by atoms with Crippen LogP contribution in [0.1, 0.15) is 367 Å². The van der Waals surface area contributed by atoms with Crippen molar-refractivity contribution in [1.82, 2.24) is 0 Å². The number of carbonyl (C=O) groups is 3. The van der Waals surface area contributed by atoms with E-state index < -0.39 is 6.10 Å². The molecule has 0 bridgehead atoms. The van der Waals surface area contributed by atoms with Gasteiger partial charge in [-0.25, -0.2) is 0 Å². The van der Waals surface area contributed by atoms with E-state index in [-0.39, 0.29) is 31.1 Å². The number of rotatable bonds is 61. The Morgan fingerprint density at radius 2 is 0.493 bits per heavy atom. The summed E-state index contributed by atoms with van der Waals surface area (Å²) in [4.78, 5) is 38.4. The lowest BCUT2D eigenvalue weighted by atomic mass is 10.0. The zero-order valence-electron chi connectivity index (χ0n) is 49.4. The summed E-state index contributed by atoms with van der Waals surface area (Å²) in [6.45, 7) is 6.69. The molecular weight excluding hydrogens is 901 g/mol. The predicted octanol–water partition coefficient (Wildman–Crippen LogP) is 22.2. The first-order valence-corrected chi connectivity index (χ1v) is 32.8. The summed E-state index contributed by atoms with van der Waals surface area (Å²) >= 11 is 0. The van der Waals surface area contributed by atoms with Crippen molar-refractivity contribution in [3.63, 3.8) is 0 Å². The molecule has 0 radical (unpaired) electrons. The highest BCUT2D eigenvalue weighted by Crippen LogP contribution is 2.18. The molecule has 6 nitrogen and oxygen atoms in total. The summed E-state index contributed by atoms with van der Waals surface area (Å²) in [7, 11) is 0. The van der Waals surface area contributed by atoms with Gasteiger partial charge < -0.3 is 14.2 Å². The van der Waals surface area contributed by atoms with Crippen molar-refractivity contribution in [3.05, 3.63) is 24.3 Å². The van der Waals surface area contributed by atoms with Crippen LogP contribution in [0.5, 0.6) is 0 Å². The third kappa shape index (κ3) is 60.6. The van der Waals surface area contributed by atoms with Gasteiger partial charge >= 0.3 is 17.9 Å². The average Bonchev–Trinajstić information content (AvgIpc) is 3.39. The van der Waals surface area contributed by atoms with Crippen LogP contribution in [0.2, 0.25) is 0 Å². The molecule has 0 aliphatic heterocycles. The molecular formula is C67H126O6. The monoisotopic (exact) mass is 1030 g/mol. The molecule has 73 heavy (non-hydrogen) atoms. The van der Waals surface area contributed by atoms with Gasteiger partial charge in [-0.2, -0.15) is 0 Å². The highest BCUT2D eigenvalue weighted by molar-refractivity contribution is 5.71. The molecule has 0 amide bonds. The first-order valence-electron chi connectivity index (χ1n) is 32.8. The van der Waals surface area contributed by atoms with E-state index in [1.165, 1.54) is 263 Å². The van der Waals surface area contributed by atoms with Crippen LogP contribution in [0, 0.1) is 0 Å². The Kier molecular flexibility index (Phi) is 60.6. The second kappa shape index (κ2) is 62.4. The summed E-state index contributed by atoms with van der Waals surface area (Å²) in [6, 6.07) is 0. The van der Waals surface area contributed by atoms with E-state index in [0.29, 0.717) is 19.3 Å². The molecule has 0 spiro atoms. The number of allylic oxidation sites excluding steroid dienone is 4. The summed E-state index contributed by atoms with van der Waals surface area (Å²) in [6.07, 6.45) is 74.6. The van der Waals surface area contributed by atoms with Gasteiger partial charge in [-0.05, 0) is 51.4 Å². The van der Waals surface area contributed by atoms with Crippen molar-refractivity contribution in [1.29, 1.82) is 0 Å². The third-order valence-electron chi connectivity index (χ3n) is 15.0. The second-order valence-electron chi connectivity index (χ2n) is 22.4. The maximum atomic E-state index is 12.9. The molecule has 430 valence electrons. The fraction of sp³-hybridized carbons (Fsp3) is 0.896. The number of unbranched alkanes of at least 4 members (excludes halogenated alkanes) is 46. The number of ether oxygens (including phenoxy) is 3. The standard InChI is InChI=1S/C67H126O6/c1-4-7-10-13-16-19-22-25-28-31-33-36-39-42-45-48-51-54-57-60-66(69)72-63-64(62-71-65(68)59-56-53-50-47-44-41-38-35-30-27-24-21-18-15-12-9-6-3)73-67(70)61-58-55-52-49-46-43-40-37-34-32-29-26-23-20-17-14-11-8-5-2/h17,20,26,29,64H,4-16,18-19,21-25,27-28,30-63H2,1-3H3/b20-17-,29-26-. The van der Waals surface area contributed by atoms with Crippen LogP contribution < -0.4 is 0 Å². The Bertz CT molecular complexity index is 1180. The lowest BCUT2D eigenvalue weighted by molar-refractivity contribution is -0.167. The van der Waals surface area contributed by atoms with Crippen molar-refractivity contribution >= 4 is 17.9 Å². The minimum Gasteiger partial charge on any atom is -0.462 e. The van der Waals surface area contributed by atoms with Crippen LogP contribution in [0.25, 0.3) is 0 Å². The van der Waals surface area contributed by atoms with E-state index in [4.69, 9.17) is 14.2 Å². The Morgan fingerprint density at radius 3 is 0.781 bits per heavy atom. The summed E-state index contributed by atoms with van der Waals surface area (Å²) in [5.41, 5.74) is 0. The summed E-state index contributed by atoms with van der Waals surface area (Å²) < 4.78 is 17.0. The maximum absolute atomic E-state index is 12.9. The SMILES string of the molecule is CCCCC/C=C\C/C=C\CCCCCCCCCCCC(=O)OC(COC(=O)CCCCCCCCCCCCCCCCCCC)COC(=O)CCCCCCCCCCCCCCCCCCCCC. The summed E-state index contributed by atoms with van der Waals surface area (Å²) in [5, 5.41) is 0. The minimum atomic E-state index is -0.770. The van der Waals surface area contributed by atoms with Crippen LogP contribution in [0.3, 0.4) is 0 Å². The van der Waals surface area contributed by atoms with Gasteiger partial charge in [-0.1, -0.05) is 321 Å². The van der Waals surface area contributed by atoms with Crippen LogP contribution in [0.15, 0.2) is 24.3 Å².